The Morgan fingerprint density at radius 2 is 2.31 bits per heavy atom. The first-order chi connectivity index (χ1) is 7.76. The van der Waals surface area contributed by atoms with Crippen molar-refractivity contribution >= 4 is 0 Å². The summed E-state index contributed by atoms with van der Waals surface area (Å²) in [6.07, 6.45) is 3.93. The normalized spacial score (nSPS) is 24.6. The predicted molar refractivity (Wildman–Crippen MR) is 68.8 cm³/mol. The molecule has 1 aliphatic rings. The number of methoxy groups -OCH3 is 1. The molecule has 0 aliphatic carbocycles. The van der Waals surface area contributed by atoms with Gasteiger partial charge in [0.25, 0.3) is 0 Å². The second-order valence-corrected chi connectivity index (χ2v) is 5.05. The molecule has 3 nitrogen and oxygen atoms in total. The minimum Gasteiger partial charge on any atom is -0.383 e. The minimum atomic E-state index is 0.694. The molecule has 0 amide bonds. The van der Waals surface area contributed by atoms with Gasteiger partial charge in [-0.3, -0.25) is 4.90 Å². The summed E-state index contributed by atoms with van der Waals surface area (Å²) < 4.78 is 5.13. The Morgan fingerprint density at radius 1 is 1.50 bits per heavy atom. The maximum absolute atomic E-state index is 5.13. The Kier molecular flexibility index (Phi) is 7.01. The Balaban J connectivity index is 2.17. The average molecular weight is 228 g/mol. The first-order valence-electron chi connectivity index (χ1n) is 6.71. The van der Waals surface area contributed by atoms with Crippen LogP contribution in [-0.4, -0.2) is 50.8 Å². The second-order valence-electron chi connectivity index (χ2n) is 5.05. The molecule has 2 atom stereocenters. The van der Waals surface area contributed by atoms with E-state index in [-0.39, 0.29) is 0 Å². The molecule has 1 rings (SSSR count). The summed E-state index contributed by atoms with van der Waals surface area (Å²) in [5, 5.41) is 3.70. The molecule has 1 N–H and O–H groups in total. The number of piperidine rings is 1. The largest absolute Gasteiger partial charge is 0.383 e. The van der Waals surface area contributed by atoms with Crippen molar-refractivity contribution in [2.45, 2.75) is 39.2 Å². The van der Waals surface area contributed by atoms with Crippen LogP contribution in [0.2, 0.25) is 0 Å². The van der Waals surface area contributed by atoms with Gasteiger partial charge in [0.05, 0.1) is 6.61 Å². The van der Waals surface area contributed by atoms with Crippen LogP contribution in [0.5, 0.6) is 0 Å². The average Bonchev–Trinajstić information content (AvgIpc) is 2.34. The summed E-state index contributed by atoms with van der Waals surface area (Å²) in [6.45, 7) is 10.1. The molecule has 2 unspecified atom stereocenters. The van der Waals surface area contributed by atoms with Crippen LogP contribution >= 0.6 is 0 Å². The van der Waals surface area contributed by atoms with Crippen LogP contribution in [0.4, 0.5) is 0 Å². The highest BCUT2D eigenvalue weighted by Gasteiger charge is 2.19. The van der Waals surface area contributed by atoms with Gasteiger partial charge >= 0.3 is 0 Å². The molecule has 3 heteroatoms. The van der Waals surface area contributed by atoms with E-state index in [1.165, 1.54) is 38.9 Å². The summed E-state index contributed by atoms with van der Waals surface area (Å²) in [5.41, 5.74) is 0. The van der Waals surface area contributed by atoms with Gasteiger partial charge in [-0.05, 0) is 31.8 Å². The van der Waals surface area contributed by atoms with Crippen LogP contribution in [0.3, 0.4) is 0 Å². The van der Waals surface area contributed by atoms with E-state index in [1.54, 1.807) is 7.11 Å². The molecule has 0 aromatic carbocycles. The van der Waals surface area contributed by atoms with E-state index in [9.17, 15) is 0 Å². The van der Waals surface area contributed by atoms with Gasteiger partial charge < -0.3 is 10.1 Å². The van der Waals surface area contributed by atoms with Crippen molar-refractivity contribution in [1.82, 2.24) is 10.2 Å². The Bertz CT molecular complexity index is 175. The molecule has 96 valence electrons. The van der Waals surface area contributed by atoms with Gasteiger partial charge in [-0.25, -0.2) is 0 Å². The smallest absolute Gasteiger partial charge is 0.0589 e. The molecular weight excluding hydrogens is 200 g/mol. The van der Waals surface area contributed by atoms with Crippen LogP contribution in [0.15, 0.2) is 0 Å². The van der Waals surface area contributed by atoms with Gasteiger partial charge in [-0.2, -0.15) is 0 Å². The van der Waals surface area contributed by atoms with Crippen LogP contribution < -0.4 is 5.32 Å². The SMILES string of the molecule is CCC(C)CNC1CCCN(CCOC)C1. The quantitative estimate of drug-likeness (QED) is 0.718. The van der Waals surface area contributed by atoms with Gasteiger partial charge in [0.15, 0.2) is 0 Å². The first-order valence-corrected chi connectivity index (χ1v) is 6.71. The number of nitrogens with zero attached hydrogens (tertiary/aromatic N) is 1. The third-order valence-electron chi connectivity index (χ3n) is 3.57. The molecule has 0 bridgehead atoms. The van der Waals surface area contributed by atoms with E-state index in [1.807, 2.05) is 0 Å². The molecule has 0 saturated carbocycles. The lowest BCUT2D eigenvalue weighted by Crippen LogP contribution is -2.47. The number of hydrogen-bond acceptors (Lipinski definition) is 3. The van der Waals surface area contributed by atoms with E-state index in [2.05, 4.69) is 24.1 Å². The zero-order chi connectivity index (χ0) is 11.8. The summed E-state index contributed by atoms with van der Waals surface area (Å²) in [5.74, 6) is 0.800. The zero-order valence-corrected chi connectivity index (χ0v) is 11.2. The highest BCUT2D eigenvalue weighted by molar-refractivity contribution is 4.78. The van der Waals surface area contributed by atoms with Crippen molar-refractivity contribution in [3.63, 3.8) is 0 Å². The number of likely N-dealkylation sites (tertiary alicyclic amines) is 1. The van der Waals surface area contributed by atoms with E-state index in [0.717, 1.165) is 19.1 Å². The lowest BCUT2D eigenvalue weighted by atomic mass is 10.0. The molecule has 1 aliphatic heterocycles. The summed E-state index contributed by atoms with van der Waals surface area (Å²) in [7, 11) is 1.78. The van der Waals surface area contributed by atoms with Gasteiger partial charge in [-0.1, -0.05) is 20.3 Å². The number of ether oxygens (including phenoxy) is 1. The number of hydrogen-bond donors (Lipinski definition) is 1. The summed E-state index contributed by atoms with van der Waals surface area (Å²) >= 11 is 0. The fourth-order valence-electron chi connectivity index (χ4n) is 2.16. The topological polar surface area (TPSA) is 24.5 Å². The fourth-order valence-corrected chi connectivity index (χ4v) is 2.16. The van der Waals surface area contributed by atoms with Crippen molar-refractivity contribution in [3.05, 3.63) is 0 Å². The van der Waals surface area contributed by atoms with Crippen molar-refractivity contribution in [2.75, 3.05) is 39.9 Å². The van der Waals surface area contributed by atoms with E-state index in [4.69, 9.17) is 4.74 Å². The molecule has 0 spiro atoms. The Hall–Kier alpha value is -0.120. The maximum Gasteiger partial charge on any atom is 0.0589 e. The summed E-state index contributed by atoms with van der Waals surface area (Å²) in [6, 6.07) is 0.694. The molecular formula is C13H28N2O. The Labute approximate surface area is 101 Å². The van der Waals surface area contributed by atoms with Gasteiger partial charge in [-0.15, -0.1) is 0 Å². The van der Waals surface area contributed by atoms with Crippen molar-refractivity contribution in [1.29, 1.82) is 0 Å². The molecule has 1 heterocycles. The third kappa shape index (κ3) is 5.28. The molecule has 0 aromatic heterocycles. The van der Waals surface area contributed by atoms with Gasteiger partial charge in [0, 0.05) is 26.2 Å². The maximum atomic E-state index is 5.13. The van der Waals surface area contributed by atoms with Crippen LogP contribution in [-0.2, 0) is 4.74 Å². The molecule has 0 aromatic rings. The predicted octanol–water partition coefficient (Wildman–Crippen LogP) is 1.73. The van der Waals surface area contributed by atoms with Crippen LogP contribution in [0, 0.1) is 5.92 Å². The first kappa shape index (κ1) is 13.9. The highest BCUT2D eigenvalue weighted by Crippen LogP contribution is 2.10. The lowest BCUT2D eigenvalue weighted by molar-refractivity contribution is 0.122. The molecule has 1 fully saturated rings. The van der Waals surface area contributed by atoms with Crippen LogP contribution in [0.25, 0.3) is 0 Å². The van der Waals surface area contributed by atoms with Gasteiger partial charge in [0.1, 0.15) is 0 Å². The third-order valence-corrected chi connectivity index (χ3v) is 3.57. The highest BCUT2D eigenvalue weighted by atomic mass is 16.5. The van der Waals surface area contributed by atoms with Crippen molar-refractivity contribution < 1.29 is 4.74 Å². The second kappa shape index (κ2) is 8.04. The number of nitrogens with one attached hydrogen (secondary N) is 1. The lowest BCUT2D eigenvalue weighted by Gasteiger charge is -2.33. The fraction of sp³-hybridized carbons (Fsp3) is 1.00. The minimum absolute atomic E-state index is 0.694. The number of rotatable bonds is 7. The van der Waals surface area contributed by atoms with Crippen LogP contribution in [0.1, 0.15) is 33.1 Å². The van der Waals surface area contributed by atoms with Crippen molar-refractivity contribution in [3.8, 4) is 0 Å². The monoisotopic (exact) mass is 228 g/mol. The van der Waals surface area contributed by atoms with Crippen molar-refractivity contribution in [2.24, 2.45) is 5.92 Å². The van der Waals surface area contributed by atoms with E-state index < -0.39 is 0 Å². The standard InChI is InChI=1S/C13H28N2O/c1-4-12(2)10-14-13-6-5-7-15(11-13)8-9-16-3/h12-14H,4-11H2,1-3H3. The summed E-state index contributed by atoms with van der Waals surface area (Å²) in [4.78, 5) is 2.52. The van der Waals surface area contributed by atoms with Gasteiger partial charge in [0.2, 0.25) is 0 Å². The van der Waals surface area contributed by atoms with E-state index in [0.29, 0.717) is 6.04 Å². The Morgan fingerprint density at radius 3 is 3.00 bits per heavy atom. The van der Waals surface area contributed by atoms with E-state index >= 15 is 0 Å². The molecule has 16 heavy (non-hydrogen) atoms. The molecule has 0 radical (unpaired) electrons. The molecule has 1 saturated heterocycles. The zero-order valence-electron chi connectivity index (χ0n) is 11.2.